The Bertz CT molecular complexity index is 704. The summed E-state index contributed by atoms with van der Waals surface area (Å²) in [7, 11) is 0. The molecule has 8 heteroatoms. The summed E-state index contributed by atoms with van der Waals surface area (Å²) in [6, 6.07) is 5.72. The predicted octanol–water partition coefficient (Wildman–Crippen LogP) is 5.29. The number of alkyl halides is 3. The number of nitrogens with two attached hydrogens (primary N) is 1. The van der Waals surface area contributed by atoms with Gasteiger partial charge in [0, 0.05) is 32.2 Å². The molecule has 1 saturated heterocycles. The van der Waals surface area contributed by atoms with E-state index in [9.17, 15) is 18.0 Å². The van der Waals surface area contributed by atoms with Gasteiger partial charge in [-0.05, 0) is 55.7 Å². The van der Waals surface area contributed by atoms with Crippen LogP contribution in [0.15, 0.2) is 18.2 Å². The Labute approximate surface area is 183 Å². The van der Waals surface area contributed by atoms with E-state index >= 15 is 0 Å². The fourth-order valence-electron chi connectivity index (χ4n) is 4.07. The molecule has 0 saturated carbocycles. The summed E-state index contributed by atoms with van der Waals surface area (Å²) in [6.45, 7) is 8.39. The van der Waals surface area contributed by atoms with Crippen molar-refractivity contribution in [2.45, 2.75) is 71.0 Å². The quantitative estimate of drug-likeness (QED) is 0.392. The van der Waals surface area contributed by atoms with E-state index < -0.39 is 24.5 Å². The molecule has 1 atom stereocenters. The van der Waals surface area contributed by atoms with Crippen LogP contribution in [-0.4, -0.2) is 44.6 Å². The van der Waals surface area contributed by atoms with Gasteiger partial charge in [-0.3, -0.25) is 4.79 Å². The number of anilines is 2. The zero-order valence-electron chi connectivity index (χ0n) is 18.7. The topological polar surface area (TPSA) is 64.8 Å². The molecule has 0 bridgehead atoms. The van der Waals surface area contributed by atoms with Gasteiger partial charge in [0.1, 0.15) is 0 Å². The van der Waals surface area contributed by atoms with Crippen LogP contribution >= 0.6 is 0 Å². The van der Waals surface area contributed by atoms with Crippen molar-refractivity contribution in [2.24, 2.45) is 5.92 Å². The van der Waals surface area contributed by atoms with E-state index in [0.717, 1.165) is 25.1 Å². The lowest BCUT2D eigenvalue weighted by atomic mass is 9.90. The van der Waals surface area contributed by atoms with Crippen molar-refractivity contribution in [2.75, 3.05) is 37.0 Å². The van der Waals surface area contributed by atoms with Crippen LogP contribution < -0.4 is 10.6 Å². The van der Waals surface area contributed by atoms with E-state index in [4.69, 9.17) is 15.2 Å². The minimum atomic E-state index is -4.28. The third kappa shape index (κ3) is 8.24. The van der Waals surface area contributed by atoms with Gasteiger partial charge in [-0.2, -0.15) is 13.2 Å². The predicted molar refractivity (Wildman–Crippen MR) is 116 cm³/mol. The molecular formula is C23H35F3N2O3. The van der Waals surface area contributed by atoms with Crippen molar-refractivity contribution >= 4 is 17.3 Å². The summed E-state index contributed by atoms with van der Waals surface area (Å²) in [5, 5.41) is 0. The largest absolute Gasteiger partial charge is 0.466 e. The molecule has 1 aliphatic rings. The highest BCUT2D eigenvalue weighted by molar-refractivity contribution is 5.72. The lowest BCUT2D eigenvalue weighted by Crippen LogP contribution is -2.42. The monoisotopic (exact) mass is 444 g/mol. The number of hydrogen-bond donors (Lipinski definition) is 1. The summed E-state index contributed by atoms with van der Waals surface area (Å²) >= 11 is 0. The number of hydrogen-bond acceptors (Lipinski definition) is 5. The van der Waals surface area contributed by atoms with Crippen molar-refractivity contribution < 1.29 is 27.4 Å². The Kier molecular flexibility index (Phi) is 9.47. The molecule has 176 valence electrons. The number of esters is 1. The van der Waals surface area contributed by atoms with Gasteiger partial charge in [-0.25, -0.2) is 0 Å². The summed E-state index contributed by atoms with van der Waals surface area (Å²) < 4.78 is 49.0. The van der Waals surface area contributed by atoms with Crippen LogP contribution in [0.1, 0.15) is 64.4 Å². The van der Waals surface area contributed by atoms with Crippen molar-refractivity contribution in [3.8, 4) is 0 Å². The molecule has 0 amide bonds. The summed E-state index contributed by atoms with van der Waals surface area (Å²) in [6.07, 6.45) is -3.71. The first-order valence-electron chi connectivity index (χ1n) is 11.1. The second kappa shape index (κ2) is 11.6. The van der Waals surface area contributed by atoms with Crippen LogP contribution in [0.25, 0.3) is 0 Å². The lowest BCUT2D eigenvalue weighted by molar-refractivity contribution is -0.146. The minimum absolute atomic E-state index is 0.0988. The highest BCUT2D eigenvalue weighted by Gasteiger charge is 2.30. The van der Waals surface area contributed by atoms with Crippen molar-refractivity contribution in [1.29, 1.82) is 0 Å². The second-order valence-electron chi connectivity index (χ2n) is 8.57. The standard InChI is InChI=1S/C23H35F3N2O3/c1-4-31-22(29)14-18(7-10-23(24,25)26)17-5-6-21(20(27)13-17)28(15-16(2)3)19-8-11-30-12-9-19/h5-6,13,16,18-19H,4,7-12,14-15,27H2,1-3H3. The number of carbonyl (C=O) groups is 1. The molecule has 1 aromatic carbocycles. The molecule has 31 heavy (non-hydrogen) atoms. The summed E-state index contributed by atoms with van der Waals surface area (Å²) in [4.78, 5) is 14.3. The number of benzene rings is 1. The number of nitrogens with zero attached hydrogens (tertiary/aromatic N) is 1. The molecular weight excluding hydrogens is 409 g/mol. The highest BCUT2D eigenvalue weighted by atomic mass is 19.4. The number of nitrogen functional groups attached to an aromatic ring is 1. The van der Waals surface area contributed by atoms with Gasteiger partial charge in [0.15, 0.2) is 0 Å². The maximum Gasteiger partial charge on any atom is 0.389 e. The molecule has 1 aliphatic heterocycles. The lowest BCUT2D eigenvalue weighted by Gasteiger charge is -2.38. The first-order valence-corrected chi connectivity index (χ1v) is 11.1. The zero-order valence-corrected chi connectivity index (χ0v) is 18.7. The third-order valence-corrected chi connectivity index (χ3v) is 5.52. The molecule has 1 heterocycles. The third-order valence-electron chi connectivity index (χ3n) is 5.52. The smallest absolute Gasteiger partial charge is 0.389 e. The van der Waals surface area contributed by atoms with E-state index in [1.165, 1.54) is 0 Å². The number of rotatable bonds is 10. The normalized spacial score (nSPS) is 16.4. The average Bonchev–Trinajstić information content (AvgIpc) is 2.69. The maximum atomic E-state index is 12.8. The molecule has 0 aromatic heterocycles. The van der Waals surface area contributed by atoms with Crippen LogP contribution in [-0.2, 0) is 14.3 Å². The zero-order chi connectivity index (χ0) is 23.0. The molecule has 5 nitrogen and oxygen atoms in total. The molecule has 2 rings (SSSR count). The van der Waals surface area contributed by atoms with Crippen molar-refractivity contribution in [1.82, 2.24) is 0 Å². The van der Waals surface area contributed by atoms with Crippen LogP contribution in [0, 0.1) is 5.92 Å². The molecule has 1 unspecified atom stereocenters. The number of ether oxygens (including phenoxy) is 2. The maximum absolute atomic E-state index is 12.8. The van der Waals surface area contributed by atoms with E-state index in [0.29, 0.717) is 36.4 Å². The van der Waals surface area contributed by atoms with Crippen LogP contribution in [0.2, 0.25) is 0 Å². The van der Waals surface area contributed by atoms with Crippen LogP contribution in [0.4, 0.5) is 24.5 Å². The van der Waals surface area contributed by atoms with Gasteiger partial charge in [-0.15, -0.1) is 0 Å². The van der Waals surface area contributed by atoms with Gasteiger partial charge in [0.05, 0.1) is 24.4 Å². The number of halogens is 3. The second-order valence-corrected chi connectivity index (χ2v) is 8.57. The fraction of sp³-hybridized carbons (Fsp3) is 0.696. The highest BCUT2D eigenvalue weighted by Crippen LogP contribution is 2.36. The van der Waals surface area contributed by atoms with Crippen molar-refractivity contribution in [3.05, 3.63) is 23.8 Å². The summed E-state index contributed by atoms with van der Waals surface area (Å²) in [5.41, 5.74) is 8.44. The van der Waals surface area contributed by atoms with Crippen molar-refractivity contribution in [3.63, 3.8) is 0 Å². The molecule has 1 fully saturated rings. The molecule has 0 aliphatic carbocycles. The van der Waals surface area contributed by atoms with Gasteiger partial charge in [0.2, 0.25) is 0 Å². The number of carbonyl (C=O) groups excluding carboxylic acids is 1. The van der Waals surface area contributed by atoms with E-state index in [2.05, 4.69) is 18.7 Å². The summed E-state index contributed by atoms with van der Waals surface area (Å²) in [5.74, 6) is -0.676. The fourth-order valence-corrected chi connectivity index (χ4v) is 4.07. The van der Waals surface area contributed by atoms with Gasteiger partial charge in [-0.1, -0.05) is 19.9 Å². The van der Waals surface area contributed by atoms with E-state index in [1.807, 2.05) is 6.07 Å². The Balaban J connectivity index is 2.27. The molecule has 1 aromatic rings. The Morgan fingerprint density at radius 1 is 1.29 bits per heavy atom. The van der Waals surface area contributed by atoms with Gasteiger partial charge in [0.25, 0.3) is 0 Å². The van der Waals surface area contributed by atoms with Gasteiger partial charge < -0.3 is 20.1 Å². The Hall–Kier alpha value is -1.96. The molecule has 0 radical (unpaired) electrons. The SMILES string of the molecule is CCOC(=O)CC(CCC(F)(F)F)c1ccc(N(CC(C)C)C2CCOCC2)c(N)c1. The first-order chi connectivity index (χ1) is 14.6. The van der Waals surface area contributed by atoms with E-state index in [1.54, 1.807) is 19.1 Å². The minimum Gasteiger partial charge on any atom is -0.466 e. The molecule has 2 N–H and O–H groups in total. The average molecular weight is 445 g/mol. The van der Waals surface area contributed by atoms with E-state index in [-0.39, 0.29) is 19.4 Å². The first kappa shape index (κ1) is 25.3. The Morgan fingerprint density at radius 2 is 1.97 bits per heavy atom. The van der Waals surface area contributed by atoms with Crippen LogP contribution in [0.5, 0.6) is 0 Å². The molecule has 0 spiro atoms. The van der Waals surface area contributed by atoms with Gasteiger partial charge >= 0.3 is 12.1 Å². The van der Waals surface area contributed by atoms with Crippen LogP contribution in [0.3, 0.4) is 0 Å². The Morgan fingerprint density at radius 3 is 2.52 bits per heavy atom.